The first-order valence-electron chi connectivity index (χ1n) is 6.06. The van der Waals surface area contributed by atoms with Gasteiger partial charge in [0.2, 0.25) is 0 Å². The van der Waals surface area contributed by atoms with Crippen molar-refractivity contribution < 1.29 is 10.0 Å². The van der Waals surface area contributed by atoms with E-state index < -0.39 is 7.12 Å². The molecule has 0 aliphatic carbocycles. The van der Waals surface area contributed by atoms with Gasteiger partial charge in [0.05, 0.1) is 0 Å². The summed E-state index contributed by atoms with van der Waals surface area (Å²) < 4.78 is 0. The Balaban J connectivity index is 1.84. The summed E-state index contributed by atoms with van der Waals surface area (Å²) >= 11 is 0. The van der Waals surface area contributed by atoms with Gasteiger partial charge in [0, 0.05) is 19.6 Å². The molecule has 2 N–H and O–H groups in total. The Hall–Kier alpha value is -1.10. The quantitative estimate of drug-likeness (QED) is 0.768. The van der Waals surface area contributed by atoms with Gasteiger partial charge >= 0.3 is 7.12 Å². The average Bonchev–Trinajstić information content (AvgIpc) is 2.32. The first-order valence-corrected chi connectivity index (χ1v) is 6.06. The molecule has 1 aliphatic rings. The van der Waals surface area contributed by atoms with Crippen molar-refractivity contribution in [1.29, 1.82) is 0 Å². The molecule has 1 aromatic carbocycles. The largest absolute Gasteiger partial charge is 0.480 e. The van der Waals surface area contributed by atoms with Crippen molar-refractivity contribution in [3.63, 3.8) is 0 Å². The molecule has 0 saturated carbocycles. The van der Waals surface area contributed by atoms with Crippen molar-refractivity contribution in [1.82, 2.24) is 4.90 Å². The number of piperidine rings is 1. The highest BCUT2D eigenvalue weighted by Gasteiger charge is 2.15. The third-order valence-electron chi connectivity index (χ3n) is 3.13. The van der Waals surface area contributed by atoms with Crippen molar-refractivity contribution in [3.8, 4) is 0 Å². The van der Waals surface area contributed by atoms with E-state index in [2.05, 4.69) is 29.2 Å². The molecule has 1 aliphatic heterocycles. The number of hydrogen-bond donors (Lipinski definition) is 2. The van der Waals surface area contributed by atoms with E-state index in [4.69, 9.17) is 10.0 Å². The minimum Gasteiger partial charge on any atom is -0.424 e. The monoisotopic (exact) mass is 231 g/mol. The lowest BCUT2D eigenvalue weighted by molar-refractivity contribution is 0.248. The normalized spacial score (nSPS) is 16.9. The molecule has 1 aromatic rings. The number of benzene rings is 1. The van der Waals surface area contributed by atoms with Crippen molar-refractivity contribution in [2.45, 2.75) is 19.4 Å². The standard InChI is InChI=1S/C13H18BNO2/c16-14(17)10-12-6-8-15(9-7-12)11-13-4-2-1-3-5-13/h1-5,10,16-17H,6-9,11H2. The molecule has 1 heterocycles. The maximum absolute atomic E-state index is 8.87. The second-order valence-corrected chi connectivity index (χ2v) is 4.50. The maximum Gasteiger partial charge on any atom is 0.480 e. The Morgan fingerprint density at radius 3 is 2.35 bits per heavy atom. The molecule has 0 radical (unpaired) electrons. The van der Waals surface area contributed by atoms with Crippen molar-refractivity contribution in [2.24, 2.45) is 0 Å². The first kappa shape index (κ1) is 12.4. The number of likely N-dealkylation sites (tertiary alicyclic amines) is 1. The van der Waals surface area contributed by atoms with Crippen LogP contribution in [0.4, 0.5) is 0 Å². The van der Waals surface area contributed by atoms with Crippen LogP contribution in [0, 0.1) is 0 Å². The van der Waals surface area contributed by atoms with Gasteiger partial charge in [-0.25, -0.2) is 0 Å². The van der Waals surface area contributed by atoms with Crippen LogP contribution in [0.1, 0.15) is 18.4 Å². The van der Waals surface area contributed by atoms with E-state index in [9.17, 15) is 0 Å². The predicted octanol–water partition coefficient (Wildman–Crippen LogP) is 1.22. The van der Waals surface area contributed by atoms with E-state index in [-0.39, 0.29) is 0 Å². The second-order valence-electron chi connectivity index (χ2n) is 4.50. The fourth-order valence-corrected chi connectivity index (χ4v) is 2.22. The third kappa shape index (κ3) is 4.00. The Morgan fingerprint density at radius 2 is 1.76 bits per heavy atom. The van der Waals surface area contributed by atoms with E-state index in [0.717, 1.165) is 38.0 Å². The Morgan fingerprint density at radius 1 is 1.12 bits per heavy atom. The van der Waals surface area contributed by atoms with Crippen LogP contribution in [-0.2, 0) is 6.54 Å². The van der Waals surface area contributed by atoms with E-state index in [0.29, 0.717) is 0 Å². The molecule has 0 unspecified atom stereocenters. The molecule has 17 heavy (non-hydrogen) atoms. The smallest absolute Gasteiger partial charge is 0.424 e. The zero-order valence-corrected chi connectivity index (χ0v) is 9.92. The molecule has 0 bridgehead atoms. The fraction of sp³-hybridized carbons (Fsp3) is 0.385. The van der Waals surface area contributed by atoms with Crippen LogP contribution in [-0.4, -0.2) is 35.2 Å². The average molecular weight is 231 g/mol. The minimum atomic E-state index is -1.30. The molecule has 0 aromatic heterocycles. The maximum atomic E-state index is 8.87. The highest BCUT2D eigenvalue weighted by atomic mass is 16.4. The molecule has 1 saturated heterocycles. The highest BCUT2D eigenvalue weighted by molar-refractivity contribution is 6.47. The lowest BCUT2D eigenvalue weighted by Gasteiger charge is -2.28. The Kier molecular flexibility index (Phi) is 4.37. The summed E-state index contributed by atoms with van der Waals surface area (Å²) in [6, 6.07) is 10.4. The molecule has 90 valence electrons. The van der Waals surface area contributed by atoms with Crippen LogP contribution < -0.4 is 0 Å². The topological polar surface area (TPSA) is 43.7 Å². The van der Waals surface area contributed by atoms with Gasteiger partial charge in [-0.15, -0.1) is 0 Å². The van der Waals surface area contributed by atoms with E-state index in [1.165, 1.54) is 5.56 Å². The van der Waals surface area contributed by atoms with Gasteiger partial charge in [0.15, 0.2) is 0 Å². The van der Waals surface area contributed by atoms with Gasteiger partial charge in [-0.2, -0.15) is 0 Å². The summed E-state index contributed by atoms with van der Waals surface area (Å²) in [6.07, 6.45) is 1.87. The summed E-state index contributed by atoms with van der Waals surface area (Å²) in [4.78, 5) is 2.40. The zero-order chi connectivity index (χ0) is 12.1. The molecule has 2 rings (SSSR count). The van der Waals surface area contributed by atoms with Gasteiger partial charge in [-0.3, -0.25) is 4.90 Å². The van der Waals surface area contributed by atoms with Gasteiger partial charge in [-0.1, -0.05) is 41.9 Å². The highest BCUT2D eigenvalue weighted by Crippen LogP contribution is 2.18. The van der Waals surface area contributed by atoms with Crippen LogP contribution >= 0.6 is 0 Å². The van der Waals surface area contributed by atoms with Crippen molar-refractivity contribution in [2.75, 3.05) is 13.1 Å². The first-order chi connectivity index (χ1) is 8.24. The van der Waals surface area contributed by atoms with Gasteiger partial charge < -0.3 is 10.0 Å². The Labute approximate surface area is 103 Å². The van der Waals surface area contributed by atoms with Crippen LogP contribution in [0.25, 0.3) is 0 Å². The molecule has 1 fully saturated rings. The summed E-state index contributed by atoms with van der Waals surface area (Å²) in [5, 5.41) is 17.7. The van der Waals surface area contributed by atoms with Crippen molar-refractivity contribution >= 4 is 7.12 Å². The van der Waals surface area contributed by atoms with Gasteiger partial charge in [-0.05, 0) is 18.4 Å². The number of rotatable bonds is 3. The summed E-state index contributed by atoms with van der Waals surface area (Å²) in [5.74, 6) is 1.56. The molecule has 0 atom stereocenters. The SMILES string of the molecule is OB(O)C=C1CCN(Cc2ccccc2)CC1. The molecule has 3 nitrogen and oxygen atoms in total. The summed E-state index contributed by atoms with van der Waals surface area (Å²) in [7, 11) is -1.30. The minimum absolute atomic E-state index is 0.935. The van der Waals surface area contributed by atoms with Crippen LogP contribution in [0.15, 0.2) is 41.9 Å². The summed E-state index contributed by atoms with van der Waals surface area (Å²) in [6.45, 7) is 2.97. The molecule has 0 amide bonds. The predicted molar refractivity (Wildman–Crippen MR) is 69.2 cm³/mol. The summed E-state index contributed by atoms with van der Waals surface area (Å²) in [5.41, 5.74) is 2.49. The molecular weight excluding hydrogens is 213 g/mol. The fourth-order valence-electron chi connectivity index (χ4n) is 2.22. The lowest BCUT2D eigenvalue weighted by Crippen LogP contribution is -2.30. The van der Waals surface area contributed by atoms with Crippen molar-refractivity contribution in [3.05, 3.63) is 47.4 Å². The molecule has 4 heteroatoms. The third-order valence-corrected chi connectivity index (χ3v) is 3.13. The van der Waals surface area contributed by atoms with Crippen LogP contribution in [0.5, 0.6) is 0 Å². The van der Waals surface area contributed by atoms with E-state index in [1.807, 2.05) is 6.07 Å². The second kappa shape index (κ2) is 6.01. The van der Waals surface area contributed by atoms with Crippen LogP contribution in [0.2, 0.25) is 0 Å². The van der Waals surface area contributed by atoms with Gasteiger partial charge in [0.25, 0.3) is 0 Å². The van der Waals surface area contributed by atoms with E-state index >= 15 is 0 Å². The molecular formula is C13H18BNO2. The molecule has 0 spiro atoms. The number of nitrogens with zero attached hydrogens (tertiary/aromatic N) is 1. The Bertz CT molecular complexity index is 368. The zero-order valence-electron chi connectivity index (χ0n) is 9.92. The lowest BCUT2D eigenvalue weighted by atomic mass is 9.85. The van der Waals surface area contributed by atoms with Crippen LogP contribution in [0.3, 0.4) is 0 Å². The van der Waals surface area contributed by atoms with Gasteiger partial charge in [0.1, 0.15) is 0 Å². The van der Waals surface area contributed by atoms with E-state index in [1.54, 1.807) is 5.98 Å². The number of hydrogen-bond acceptors (Lipinski definition) is 3.